The van der Waals surface area contributed by atoms with Gasteiger partial charge in [-0.15, -0.1) is 22.7 Å². The van der Waals surface area contributed by atoms with Crippen LogP contribution in [0.4, 0.5) is 5.69 Å². The van der Waals surface area contributed by atoms with E-state index in [9.17, 15) is 0 Å². The van der Waals surface area contributed by atoms with E-state index in [1.54, 1.807) is 0 Å². The van der Waals surface area contributed by atoms with Crippen LogP contribution in [0.15, 0.2) is 97.1 Å². The van der Waals surface area contributed by atoms with Gasteiger partial charge >= 0.3 is 0 Å². The summed E-state index contributed by atoms with van der Waals surface area (Å²) >= 11 is 3.79. The number of nitrogens with one attached hydrogen (secondary N) is 1. The van der Waals surface area contributed by atoms with E-state index < -0.39 is 0 Å². The van der Waals surface area contributed by atoms with Crippen LogP contribution in [0.5, 0.6) is 0 Å². The number of hydrogen-bond donors (Lipinski definition) is 1. The molecule has 0 amide bonds. The number of anilines is 1. The third-order valence-corrected chi connectivity index (χ3v) is 10.8. The summed E-state index contributed by atoms with van der Waals surface area (Å²) in [6.45, 7) is 5.48. The smallest absolute Gasteiger partial charge is 0.0355 e. The molecule has 7 aromatic rings. The molecule has 0 aliphatic carbocycles. The molecular formula is C39H37NS2. The van der Waals surface area contributed by atoms with Gasteiger partial charge in [-0.25, -0.2) is 0 Å². The van der Waals surface area contributed by atoms with Crippen molar-refractivity contribution in [1.82, 2.24) is 0 Å². The fourth-order valence-corrected chi connectivity index (χ4v) is 8.20. The van der Waals surface area contributed by atoms with Crippen LogP contribution in [0.3, 0.4) is 0 Å². The third-order valence-electron chi connectivity index (χ3n) is 8.47. The van der Waals surface area contributed by atoms with Gasteiger partial charge in [0.2, 0.25) is 0 Å². The molecule has 0 aliphatic rings. The molecule has 0 saturated heterocycles. The fourth-order valence-electron chi connectivity index (χ4n) is 6.02. The van der Waals surface area contributed by atoms with Crippen LogP contribution < -0.4 is 5.32 Å². The maximum absolute atomic E-state index is 3.61. The molecule has 3 heteroatoms. The predicted octanol–water partition coefficient (Wildman–Crippen LogP) is 12.8. The van der Waals surface area contributed by atoms with Crippen LogP contribution in [0.1, 0.15) is 51.0 Å². The Bertz CT molecular complexity index is 1990. The van der Waals surface area contributed by atoms with E-state index in [2.05, 4.69) is 116 Å². The van der Waals surface area contributed by atoms with E-state index >= 15 is 0 Å². The first-order valence-corrected chi connectivity index (χ1v) is 17.0. The van der Waals surface area contributed by atoms with Gasteiger partial charge in [-0.05, 0) is 105 Å². The second-order valence-electron chi connectivity index (χ2n) is 11.6. The first-order valence-electron chi connectivity index (χ1n) is 15.4. The maximum atomic E-state index is 3.61. The van der Waals surface area contributed by atoms with E-state index in [0.29, 0.717) is 0 Å². The summed E-state index contributed by atoms with van der Waals surface area (Å²) in [6, 6.07) is 36.7. The number of thiophene rings is 2. The highest BCUT2D eigenvalue weighted by molar-refractivity contribution is 7.22. The minimum absolute atomic E-state index is 1.06. The summed E-state index contributed by atoms with van der Waals surface area (Å²) in [5.41, 5.74) is 5.10. The zero-order valence-corrected chi connectivity index (χ0v) is 26.1. The zero-order chi connectivity index (χ0) is 28.5. The van der Waals surface area contributed by atoms with E-state index in [0.717, 1.165) is 6.54 Å². The van der Waals surface area contributed by atoms with Gasteiger partial charge in [-0.3, -0.25) is 0 Å². The molecule has 0 spiro atoms. The van der Waals surface area contributed by atoms with Crippen LogP contribution in [0, 0.1) is 6.92 Å². The lowest BCUT2D eigenvalue weighted by molar-refractivity contribution is 0.617. The fraction of sp³-hybridized carbons (Fsp3) is 0.231. The average Bonchev–Trinajstić information content (AvgIpc) is 3.63. The Morgan fingerprint density at radius 2 is 1.05 bits per heavy atom. The monoisotopic (exact) mass is 583 g/mol. The zero-order valence-electron chi connectivity index (χ0n) is 24.5. The Balaban J connectivity index is 1.14. The van der Waals surface area contributed by atoms with Gasteiger partial charge in [0.1, 0.15) is 0 Å². The first kappa shape index (κ1) is 27.2. The van der Waals surface area contributed by atoms with Crippen molar-refractivity contribution in [2.45, 2.75) is 52.4 Å². The van der Waals surface area contributed by atoms with Crippen molar-refractivity contribution >= 4 is 70.1 Å². The molecule has 0 radical (unpaired) electrons. The standard InChI is InChI=1S/C39H37NS2/c1-3-4-5-6-7-8-19-40-33-17-15-28(16-18-33)37-23-32-21-30-14-13-29-20-31-22-36(27-11-9-26(2)10-12-27)41-38(31)24-34(29)35(30)25-39(32)42-37/h9-18,20-25,40H,3-8,19H2,1-2H3. The number of hydrogen-bond acceptors (Lipinski definition) is 3. The van der Waals surface area contributed by atoms with Crippen molar-refractivity contribution in [2.75, 3.05) is 11.9 Å². The van der Waals surface area contributed by atoms with Gasteiger partial charge < -0.3 is 5.32 Å². The molecule has 7 rings (SSSR count). The molecule has 0 bridgehead atoms. The van der Waals surface area contributed by atoms with Gasteiger partial charge in [0.05, 0.1) is 0 Å². The minimum atomic E-state index is 1.06. The maximum Gasteiger partial charge on any atom is 0.0355 e. The van der Waals surface area contributed by atoms with E-state index in [1.165, 1.54) is 112 Å². The first-order chi connectivity index (χ1) is 20.6. The van der Waals surface area contributed by atoms with Gasteiger partial charge in [-0.1, -0.05) is 93.1 Å². The van der Waals surface area contributed by atoms with Crippen molar-refractivity contribution in [1.29, 1.82) is 0 Å². The van der Waals surface area contributed by atoms with Gasteiger partial charge in [0.25, 0.3) is 0 Å². The van der Waals surface area contributed by atoms with Crippen LogP contribution in [-0.4, -0.2) is 6.54 Å². The topological polar surface area (TPSA) is 12.0 Å². The average molecular weight is 584 g/mol. The Hall–Kier alpha value is -3.66. The number of benzene rings is 5. The molecule has 1 nitrogen and oxygen atoms in total. The molecule has 0 unspecified atom stereocenters. The molecular weight excluding hydrogens is 547 g/mol. The molecule has 0 aliphatic heterocycles. The number of aryl methyl sites for hydroxylation is 1. The summed E-state index contributed by atoms with van der Waals surface area (Å²) in [4.78, 5) is 2.66. The highest BCUT2D eigenvalue weighted by atomic mass is 32.1. The number of fused-ring (bicyclic) bond motifs is 5. The second-order valence-corrected chi connectivity index (χ2v) is 13.8. The molecule has 2 aromatic heterocycles. The Labute approximate surface area is 256 Å². The van der Waals surface area contributed by atoms with Crippen molar-refractivity contribution < 1.29 is 0 Å². The summed E-state index contributed by atoms with van der Waals surface area (Å²) < 4.78 is 2.70. The second kappa shape index (κ2) is 11.9. The molecule has 0 fully saturated rings. The lowest BCUT2D eigenvalue weighted by Gasteiger charge is -2.07. The molecule has 5 aromatic carbocycles. The number of unbranched alkanes of at least 4 members (excludes halogenated alkanes) is 5. The molecule has 0 saturated carbocycles. The minimum Gasteiger partial charge on any atom is -0.385 e. The Kier molecular flexibility index (Phi) is 7.71. The molecule has 42 heavy (non-hydrogen) atoms. The van der Waals surface area contributed by atoms with Gasteiger partial charge in [0, 0.05) is 31.4 Å². The normalized spacial score (nSPS) is 11.8. The van der Waals surface area contributed by atoms with E-state index in [-0.39, 0.29) is 0 Å². The summed E-state index contributed by atoms with van der Waals surface area (Å²) in [7, 11) is 0. The molecule has 210 valence electrons. The largest absolute Gasteiger partial charge is 0.385 e. The van der Waals surface area contributed by atoms with Crippen molar-refractivity contribution in [3.8, 4) is 20.9 Å². The van der Waals surface area contributed by atoms with Crippen LogP contribution >= 0.6 is 22.7 Å². The number of rotatable bonds is 10. The Morgan fingerprint density at radius 1 is 0.524 bits per heavy atom. The summed E-state index contributed by atoms with van der Waals surface area (Å²) in [5.74, 6) is 0. The van der Waals surface area contributed by atoms with Crippen LogP contribution in [0.25, 0.3) is 62.6 Å². The molecule has 1 N–H and O–H groups in total. The third kappa shape index (κ3) is 5.56. The van der Waals surface area contributed by atoms with E-state index in [1.807, 2.05) is 22.7 Å². The van der Waals surface area contributed by atoms with Gasteiger partial charge in [-0.2, -0.15) is 0 Å². The molecule has 2 heterocycles. The lowest BCUT2D eigenvalue weighted by atomic mass is 9.99. The molecule has 0 atom stereocenters. The summed E-state index contributed by atoms with van der Waals surface area (Å²) in [6.07, 6.45) is 7.98. The lowest BCUT2D eigenvalue weighted by Crippen LogP contribution is -2.01. The van der Waals surface area contributed by atoms with Crippen molar-refractivity contribution in [3.63, 3.8) is 0 Å². The Morgan fingerprint density at radius 3 is 1.62 bits per heavy atom. The van der Waals surface area contributed by atoms with Crippen LogP contribution in [-0.2, 0) is 0 Å². The van der Waals surface area contributed by atoms with Gasteiger partial charge in [0.15, 0.2) is 0 Å². The highest BCUT2D eigenvalue weighted by Crippen LogP contribution is 2.41. The van der Waals surface area contributed by atoms with Crippen LogP contribution in [0.2, 0.25) is 0 Å². The van der Waals surface area contributed by atoms with E-state index in [4.69, 9.17) is 0 Å². The van der Waals surface area contributed by atoms with Crippen molar-refractivity contribution in [2.24, 2.45) is 0 Å². The van der Waals surface area contributed by atoms with Crippen molar-refractivity contribution in [3.05, 3.63) is 103 Å². The SMILES string of the molecule is CCCCCCCCNc1ccc(-c2cc3cc4ccc5cc6cc(-c7ccc(C)cc7)sc6cc5c4cc3s2)cc1. The quantitative estimate of drug-likeness (QED) is 0.125. The predicted molar refractivity (Wildman–Crippen MR) is 190 cm³/mol. The summed E-state index contributed by atoms with van der Waals surface area (Å²) in [5, 5.41) is 11.6. The highest BCUT2D eigenvalue weighted by Gasteiger charge is 2.11.